The average molecular weight is 331 g/mol. The quantitative estimate of drug-likeness (QED) is 0.753. The van der Waals surface area contributed by atoms with Crippen LogP contribution in [0.4, 0.5) is 10.5 Å². The molecule has 0 bridgehead atoms. The molecule has 1 heterocycles. The normalized spacial score (nSPS) is 12.0. The van der Waals surface area contributed by atoms with Crippen LogP contribution in [-0.2, 0) is 4.79 Å². The Bertz CT molecular complexity index is 711. The average Bonchev–Trinajstić information content (AvgIpc) is 2.99. The maximum atomic E-state index is 12.3. The first-order valence-electron chi connectivity index (χ1n) is 7.66. The van der Waals surface area contributed by atoms with Crippen LogP contribution in [0.25, 0.3) is 11.3 Å². The topological polar surface area (TPSA) is 104 Å². The second-order valence-corrected chi connectivity index (χ2v) is 6.02. The lowest BCUT2D eigenvalue weighted by Crippen LogP contribution is -2.44. The van der Waals surface area contributed by atoms with Gasteiger partial charge < -0.3 is 20.2 Å². The summed E-state index contributed by atoms with van der Waals surface area (Å²) in [5.41, 5.74) is 2.39. The summed E-state index contributed by atoms with van der Waals surface area (Å²) in [5, 5.41) is 13.9. The van der Waals surface area contributed by atoms with E-state index in [-0.39, 0.29) is 11.8 Å². The Morgan fingerprint density at radius 3 is 2.62 bits per heavy atom. The van der Waals surface area contributed by atoms with Crippen molar-refractivity contribution in [3.05, 3.63) is 36.4 Å². The molecule has 3 N–H and O–H groups in total. The molecule has 0 aliphatic carbocycles. The molecule has 0 spiro atoms. The number of carbonyl (C=O) groups excluding carboxylic acids is 1. The molecule has 1 aromatic heterocycles. The molecule has 1 atom stereocenters. The van der Waals surface area contributed by atoms with Gasteiger partial charge in [-0.2, -0.15) is 0 Å². The van der Waals surface area contributed by atoms with Crippen LogP contribution in [0.3, 0.4) is 0 Å². The van der Waals surface area contributed by atoms with Gasteiger partial charge in [0.1, 0.15) is 6.04 Å². The Labute approximate surface area is 140 Å². The summed E-state index contributed by atoms with van der Waals surface area (Å²) in [6, 6.07) is 4.59. The molecule has 128 valence electrons. The second-order valence-electron chi connectivity index (χ2n) is 6.02. The van der Waals surface area contributed by atoms with E-state index in [2.05, 4.69) is 15.6 Å². The van der Waals surface area contributed by atoms with Gasteiger partial charge >= 0.3 is 6.09 Å². The van der Waals surface area contributed by atoms with E-state index in [4.69, 9.17) is 9.52 Å². The molecular weight excluding hydrogens is 310 g/mol. The van der Waals surface area contributed by atoms with Crippen LogP contribution in [0.1, 0.15) is 25.8 Å². The van der Waals surface area contributed by atoms with Crippen LogP contribution in [-0.4, -0.2) is 28.1 Å². The predicted octanol–water partition coefficient (Wildman–Crippen LogP) is 3.27. The molecule has 7 nitrogen and oxygen atoms in total. The molecule has 0 radical (unpaired) electrons. The molecule has 1 unspecified atom stereocenters. The number of carboxylic acid groups (broad SMARTS) is 1. The Balaban J connectivity index is 2.12. The monoisotopic (exact) mass is 331 g/mol. The standard InChI is InChI=1S/C17H21N3O4/c1-10(2)6-14(20-17(22)23)16(21)19-12-4-5-13(11(3)7-12)15-8-18-9-24-15/h4-5,7-10,14,20H,6H2,1-3H3,(H,19,21)(H,22,23). The number of anilines is 1. The van der Waals surface area contributed by atoms with Crippen LogP contribution in [0.15, 0.2) is 35.2 Å². The van der Waals surface area contributed by atoms with Crippen molar-refractivity contribution in [2.24, 2.45) is 5.92 Å². The molecule has 0 saturated heterocycles. The van der Waals surface area contributed by atoms with E-state index in [1.165, 1.54) is 6.39 Å². The van der Waals surface area contributed by atoms with Gasteiger partial charge in [-0.3, -0.25) is 4.79 Å². The lowest BCUT2D eigenvalue weighted by atomic mass is 10.0. The van der Waals surface area contributed by atoms with E-state index < -0.39 is 12.1 Å². The largest absolute Gasteiger partial charge is 0.465 e. The summed E-state index contributed by atoms with van der Waals surface area (Å²) < 4.78 is 5.27. The van der Waals surface area contributed by atoms with Crippen LogP contribution >= 0.6 is 0 Å². The smallest absolute Gasteiger partial charge is 0.405 e. The molecule has 0 aliphatic heterocycles. The van der Waals surface area contributed by atoms with Crippen molar-refractivity contribution in [1.82, 2.24) is 10.3 Å². The highest BCUT2D eigenvalue weighted by Gasteiger charge is 2.22. The van der Waals surface area contributed by atoms with Crippen molar-refractivity contribution >= 4 is 17.7 Å². The molecule has 24 heavy (non-hydrogen) atoms. The van der Waals surface area contributed by atoms with Gasteiger partial charge in [-0.05, 0) is 43.0 Å². The number of carbonyl (C=O) groups is 2. The summed E-state index contributed by atoms with van der Waals surface area (Å²) in [4.78, 5) is 27.1. The van der Waals surface area contributed by atoms with Crippen molar-refractivity contribution in [2.45, 2.75) is 33.2 Å². The van der Waals surface area contributed by atoms with E-state index >= 15 is 0 Å². The highest BCUT2D eigenvalue weighted by molar-refractivity contribution is 5.96. The minimum atomic E-state index is -1.22. The maximum Gasteiger partial charge on any atom is 0.405 e. The van der Waals surface area contributed by atoms with Crippen LogP contribution in [0, 0.1) is 12.8 Å². The van der Waals surface area contributed by atoms with Crippen molar-refractivity contribution < 1.29 is 19.1 Å². The number of aryl methyl sites for hydroxylation is 1. The lowest BCUT2D eigenvalue weighted by molar-refractivity contribution is -0.118. The molecule has 0 saturated carbocycles. The first kappa shape index (κ1) is 17.5. The highest BCUT2D eigenvalue weighted by Crippen LogP contribution is 2.25. The summed E-state index contributed by atoms with van der Waals surface area (Å²) in [5.74, 6) is 0.455. The fourth-order valence-corrected chi connectivity index (χ4v) is 2.45. The van der Waals surface area contributed by atoms with Crippen LogP contribution < -0.4 is 10.6 Å². The van der Waals surface area contributed by atoms with Crippen molar-refractivity contribution in [1.29, 1.82) is 0 Å². The van der Waals surface area contributed by atoms with Gasteiger partial charge in [0.05, 0.1) is 6.20 Å². The Kier molecular flexibility index (Phi) is 5.57. The van der Waals surface area contributed by atoms with E-state index in [0.717, 1.165) is 11.1 Å². The van der Waals surface area contributed by atoms with Crippen molar-refractivity contribution in [3.8, 4) is 11.3 Å². The summed E-state index contributed by atoms with van der Waals surface area (Å²) in [6.07, 6.45) is 2.19. The van der Waals surface area contributed by atoms with E-state index in [0.29, 0.717) is 17.9 Å². The number of benzene rings is 1. The van der Waals surface area contributed by atoms with E-state index in [1.54, 1.807) is 12.3 Å². The summed E-state index contributed by atoms with van der Waals surface area (Å²) >= 11 is 0. The Hall–Kier alpha value is -2.83. The second kappa shape index (κ2) is 7.63. The van der Waals surface area contributed by atoms with Gasteiger partial charge in [-0.15, -0.1) is 0 Å². The van der Waals surface area contributed by atoms with Gasteiger partial charge in [0.15, 0.2) is 12.2 Å². The third-order valence-corrected chi connectivity index (χ3v) is 3.51. The fourth-order valence-electron chi connectivity index (χ4n) is 2.45. The first-order chi connectivity index (χ1) is 11.4. The van der Waals surface area contributed by atoms with E-state index in [1.807, 2.05) is 32.9 Å². The van der Waals surface area contributed by atoms with Gasteiger partial charge in [0.25, 0.3) is 0 Å². The summed E-state index contributed by atoms with van der Waals surface area (Å²) in [6.45, 7) is 5.76. The zero-order chi connectivity index (χ0) is 17.7. The molecule has 2 aromatic rings. The third kappa shape index (κ3) is 4.58. The van der Waals surface area contributed by atoms with Crippen molar-refractivity contribution in [3.63, 3.8) is 0 Å². The Morgan fingerprint density at radius 2 is 2.08 bits per heavy atom. The number of rotatable bonds is 6. The minimum Gasteiger partial charge on any atom is -0.465 e. The number of hydrogen-bond donors (Lipinski definition) is 3. The molecule has 2 rings (SSSR count). The number of amides is 2. The summed E-state index contributed by atoms with van der Waals surface area (Å²) in [7, 11) is 0. The number of nitrogens with zero attached hydrogens (tertiary/aromatic N) is 1. The zero-order valence-electron chi connectivity index (χ0n) is 13.9. The predicted molar refractivity (Wildman–Crippen MR) is 89.7 cm³/mol. The van der Waals surface area contributed by atoms with Gasteiger partial charge in [-0.1, -0.05) is 13.8 Å². The number of hydrogen-bond acceptors (Lipinski definition) is 4. The van der Waals surface area contributed by atoms with Gasteiger partial charge in [-0.25, -0.2) is 9.78 Å². The van der Waals surface area contributed by atoms with Gasteiger partial charge in [0.2, 0.25) is 5.91 Å². The molecular formula is C17H21N3O4. The number of nitrogens with one attached hydrogen (secondary N) is 2. The molecule has 0 fully saturated rings. The molecule has 0 aliphatic rings. The molecule has 2 amide bonds. The zero-order valence-corrected chi connectivity index (χ0v) is 13.9. The maximum absolute atomic E-state index is 12.3. The third-order valence-electron chi connectivity index (χ3n) is 3.51. The number of aromatic nitrogens is 1. The molecule has 7 heteroatoms. The van der Waals surface area contributed by atoms with Crippen molar-refractivity contribution in [2.75, 3.05) is 5.32 Å². The van der Waals surface area contributed by atoms with Gasteiger partial charge in [0, 0.05) is 11.3 Å². The van der Waals surface area contributed by atoms with E-state index in [9.17, 15) is 9.59 Å². The van der Waals surface area contributed by atoms with Crippen LogP contribution in [0.5, 0.6) is 0 Å². The molecule has 1 aromatic carbocycles. The van der Waals surface area contributed by atoms with Crippen LogP contribution in [0.2, 0.25) is 0 Å². The first-order valence-corrected chi connectivity index (χ1v) is 7.66. The number of oxazole rings is 1. The Morgan fingerprint density at radius 1 is 1.33 bits per heavy atom. The minimum absolute atomic E-state index is 0.183. The SMILES string of the molecule is Cc1cc(NC(=O)C(CC(C)C)NC(=O)O)ccc1-c1cnco1. The highest BCUT2D eigenvalue weighted by atomic mass is 16.4. The fraction of sp³-hybridized carbons (Fsp3) is 0.353. The lowest BCUT2D eigenvalue weighted by Gasteiger charge is -2.19.